The lowest BCUT2D eigenvalue weighted by Crippen LogP contribution is -2.35. The number of benzene rings is 5. The highest BCUT2D eigenvalue weighted by molar-refractivity contribution is 7.15. The number of piperidine rings is 1. The molecule has 7 aromatic rings. The fourth-order valence-corrected chi connectivity index (χ4v) is 10.2. The number of methoxy groups -OCH3 is 2. The standard InChI is InChI=1S/C55H56ClN7O6S/c1-33-34(2)70-55-51(33)52(37-11-16-40(56)17-12-37)58-47(53-60-59-35(3)63(53)55)32-50(64)62(5)27-28-68-49-31-44(69-42-23-25-61(4)26-24-42)20-21-45(49)36-13-18-41(19-14-36)57-54(65)39-15-22-48(67-7)46(30-39)38-9-8-10-43(29-38)66-6/h8-22,29-31,42,47H,23-28,32H2,1-7H3,(H,57,65). The molecule has 9 rings (SSSR count). The molecule has 15 heteroatoms. The third-order valence-corrected chi connectivity index (χ3v) is 14.5. The molecule has 1 atom stereocenters. The number of carbonyl (C=O) groups is 2. The Morgan fingerprint density at radius 3 is 2.31 bits per heavy atom. The van der Waals surface area contributed by atoms with Gasteiger partial charge in [-0.15, -0.1) is 21.5 Å². The van der Waals surface area contributed by atoms with Gasteiger partial charge in [0.05, 0.1) is 32.9 Å². The number of aliphatic imine (C=N–C) groups is 1. The van der Waals surface area contributed by atoms with Crippen molar-refractivity contribution in [1.82, 2.24) is 24.6 Å². The highest BCUT2D eigenvalue weighted by atomic mass is 35.5. The van der Waals surface area contributed by atoms with E-state index in [9.17, 15) is 9.59 Å². The summed E-state index contributed by atoms with van der Waals surface area (Å²) in [6, 6.07) is 33.6. The van der Waals surface area contributed by atoms with Crippen LogP contribution in [0, 0.1) is 20.8 Å². The van der Waals surface area contributed by atoms with E-state index in [1.165, 1.54) is 4.88 Å². The maximum atomic E-state index is 14.2. The summed E-state index contributed by atoms with van der Waals surface area (Å²) in [6.07, 6.45) is 2.04. The topological polar surface area (TPSA) is 133 Å². The predicted molar refractivity (Wildman–Crippen MR) is 277 cm³/mol. The zero-order valence-corrected chi connectivity index (χ0v) is 42.0. The Morgan fingerprint density at radius 1 is 0.814 bits per heavy atom. The van der Waals surface area contributed by atoms with Gasteiger partial charge in [-0.1, -0.05) is 48.0 Å². The molecule has 1 N–H and O–H groups in total. The van der Waals surface area contributed by atoms with Crippen LogP contribution in [-0.4, -0.2) is 103 Å². The SMILES string of the molecule is COc1cccc(-c2cc(C(=O)Nc3ccc(-c4ccc(OC5CCN(C)CC5)cc4OCCN(C)C(=O)CC4N=C(c5ccc(Cl)cc5)c5c(sc(C)c5C)-n5c(C)nnc54)cc3)ccc2OC)c1. The lowest BCUT2D eigenvalue weighted by Gasteiger charge is -2.29. The van der Waals surface area contributed by atoms with Crippen LogP contribution in [0.2, 0.25) is 5.02 Å². The summed E-state index contributed by atoms with van der Waals surface area (Å²) in [7, 11) is 7.14. The van der Waals surface area contributed by atoms with Gasteiger partial charge in [0.25, 0.3) is 5.91 Å². The van der Waals surface area contributed by atoms with Crippen LogP contribution in [-0.2, 0) is 4.79 Å². The summed E-state index contributed by atoms with van der Waals surface area (Å²) < 4.78 is 26.2. The van der Waals surface area contributed by atoms with Crippen molar-refractivity contribution in [2.75, 3.05) is 59.9 Å². The van der Waals surface area contributed by atoms with E-state index in [1.54, 1.807) is 49.6 Å². The van der Waals surface area contributed by atoms with Crippen LogP contribution in [0.1, 0.15) is 68.9 Å². The molecule has 0 radical (unpaired) electrons. The van der Waals surface area contributed by atoms with E-state index >= 15 is 0 Å². The van der Waals surface area contributed by atoms with Crippen LogP contribution in [0.5, 0.6) is 23.0 Å². The molecular weight excluding hydrogens is 922 g/mol. The smallest absolute Gasteiger partial charge is 0.255 e. The number of carbonyl (C=O) groups excluding carboxylic acids is 2. The maximum Gasteiger partial charge on any atom is 0.255 e. The summed E-state index contributed by atoms with van der Waals surface area (Å²) in [5.74, 6) is 3.67. The van der Waals surface area contributed by atoms with Gasteiger partial charge in [-0.25, -0.2) is 0 Å². The number of anilines is 1. The van der Waals surface area contributed by atoms with Crippen LogP contribution in [0.3, 0.4) is 0 Å². The number of nitrogens with one attached hydrogen (secondary N) is 1. The van der Waals surface area contributed by atoms with E-state index in [1.807, 2.05) is 104 Å². The van der Waals surface area contributed by atoms with Crippen molar-refractivity contribution in [2.24, 2.45) is 4.99 Å². The van der Waals surface area contributed by atoms with Crippen molar-refractivity contribution in [1.29, 1.82) is 0 Å². The molecule has 360 valence electrons. The molecule has 70 heavy (non-hydrogen) atoms. The number of aromatic nitrogens is 3. The monoisotopic (exact) mass is 977 g/mol. The van der Waals surface area contributed by atoms with Gasteiger partial charge in [0.2, 0.25) is 5.91 Å². The number of amides is 2. The number of thiophene rings is 1. The number of aryl methyl sites for hydroxylation is 2. The Kier molecular flexibility index (Phi) is 14.4. The summed E-state index contributed by atoms with van der Waals surface area (Å²) in [5, 5.41) is 13.7. The summed E-state index contributed by atoms with van der Waals surface area (Å²) in [5.41, 5.74) is 8.32. The van der Waals surface area contributed by atoms with Crippen molar-refractivity contribution in [3.8, 4) is 50.3 Å². The van der Waals surface area contributed by atoms with Gasteiger partial charge in [0, 0.05) is 69.6 Å². The molecule has 0 bridgehead atoms. The third-order valence-electron chi connectivity index (χ3n) is 13.1. The summed E-state index contributed by atoms with van der Waals surface area (Å²) in [4.78, 5) is 38.3. The number of likely N-dealkylation sites (N-methyl/N-ethyl adjacent to an activating group) is 1. The van der Waals surface area contributed by atoms with Crippen LogP contribution in [0.25, 0.3) is 27.3 Å². The van der Waals surface area contributed by atoms with Gasteiger partial charge >= 0.3 is 0 Å². The van der Waals surface area contributed by atoms with Gasteiger partial charge in [0.1, 0.15) is 52.6 Å². The third kappa shape index (κ3) is 10.3. The minimum absolute atomic E-state index is 0.0780. The van der Waals surface area contributed by atoms with E-state index in [2.05, 4.69) is 45.9 Å². The molecule has 4 heterocycles. The first-order chi connectivity index (χ1) is 33.9. The zero-order valence-electron chi connectivity index (χ0n) is 40.4. The quantitative estimate of drug-likeness (QED) is 0.107. The maximum absolute atomic E-state index is 14.2. The van der Waals surface area contributed by atoms with E-state index in [0.29, 0.717) is 45.9 Å². The molecular formula is C55H56ClN7O6S. The molecule has 1 saturated heterocycles. The molecule has 2 aliphatic heterocycles. The molecule has 2 aromatic heterocycles. The summed E-state index contributed by atoms with van der Waals surface area (Å²) in [6.45, 7) is 8.61. The first-order valence-corrected chi connectivity index (χ1v) is 24.5. The number of hydrogen-bond acceptors (Lipinski definition) is 11. The van der Waals surface area contributed by atoms with E-state index in [0.717, 1.165) is 87.2 Å². The predicted octanol–water partition coefficient (Wildman–Crippen LogP) is 10.8. The molecule has 1 fully saturated rings. The van der Waals surface area contributed by atoms with Crippen LogP contribution in [0.4, 0.5) is 5.69 Å². The average molecular weight is 979 g/mol. The second-order valence-electron chi connectivity index (χ2n) is 17.7. The number of rotatable bonds is 15. The Morgan fingerprint density at radius 2 is 1.57 bits per heavy atom. The summed E-state index contributed by atoms with van der Waals surface area (Å²) >= 11 is 8.00. The largest absolute Gasteiger partial charge is 0.497 e. The number of hydrogen-bond donors (Lipinski definition) is 1. The van der Waals surface area contributed by atoms with Crippen LogP contribution < -0.4 is 24.3 Å². The lowest BCUT2D eigenvalue weighted by atomic mass is 9.99. The Bertz CT molecular complexity index is 3070. The number of fused-ring (bicyclic) bond motifs is 3. The highest BCUT2D eigenvalue weighted by Crippen LogP contribution is 2.41. The fraction of sp³-hybridized carbons (Fsp3) is 0.291. The first-order valence-electron chi connectivity index (χ1n) is 23.3. The molecule has 1 unspecified atom stereocenters. The highest BCUT2D eigenvalue weighted by Gasteiger charge is 2.33. The number of nitrogens with zero attached hydrogens (tertiary/aromatic N) is 6. The van der Waals surface area contributed by atoms with Gasteiger partial charge in [-0.3, -0.25) is 19.1 Å². The second-order valence-corrected chi connectivity index (χ2v) is 19.4. The number of ether oxygens (including phenoxy) is 4. The second kappa shape index (κ2) is 20.9. The Balaban J connectivity index is 0.920. The molecule has 13 nitrogen and oxygen atoms in total. The lowest BCUT2D eigenvalue weighted by molar-refractivity contribution is -0.130. The van der Waals surface area contributed by atoms with Crippen molar-refractivity contribution < 1.29 is 28.5 Å². The molecule has 5 aromatic carbocycles. The van der Waals surface area contributed by atoms with Gasteiger partial charge in [-0.2, -0.15) is 0 Å². The van der Waals surface area contributed by atoms with Crippen molar-refractivity contribution in [3.05, 3.63) is 153 Å². The molecule has 0 spiro atoms. The number of halogens is 1. The molecule has 0 aliphatic carbocycles. The number of likely N-dealkylation sites (tertiary alicyclic amines) is 1. The normalized spacial score (nSPS) is 14.7. The van der Waals surface area contributed by atoms with Crippen LogP contribution >= 0.6 is 22.9 Å². The molecule has 2 amide bonds. The van der Waals surface area contributed by atoms with E-state index in [-0.39, 0.29) is 30.9 Å². The van der Waals surface area contributed by atoms with Gasteiger partial charge < -0.3 is 34.1 Å². The first kappa shape index (κ1) is 48.0. The minimum atomic E-state index is -0.595. The van der Waals surface area contributed by atoms with Crippen LogP contribution in [0.15, 0.2) is 114 Å². The van der Waals surface area contributed by atoms with Gasteiger partial charge in [-0.05, 0) is 124 Å². The molecule has 0 saturated carbocycles. The van der Waals surface area contributed by atoms with E-state index < -0.39 is 6.04 Å². The van der Waals surface area contributed by atoms with Gasteiger partial charge in [0.15, 0.2) is 5.82 Å². The Hall–Kier alpha value is -7.00. The van der Waals surface area contributed by atoms with E-state index in [4.69, 9.17) is 35.5 Å². The average Bonchev–Trinajstić information content (AvgIpc) is 3.86. The van der Waals surface area contributed by atoms with Crippen molar-refractivity contribution >= 4 is 46.2 Å². The fourth-order valence-electron chi connectivity index (χ4n) is 8.90. The zero-order chi connectivity index (χ0) is 49.1. The Labute approximate surface area is 417 Å². The molecule has 2 aliphatic rings. The van der Waals surface area contributed by atoms with Crippen molar-refractivity contribution in [3.63, 3.8) is 0 Å². The minimum Gasteiger partial charge on any atom is -0.497 e. The van der Waals surface area contributed by atoms with Crippen molar-refractivity contribution in [2.45, 2.75) is 52.2 Å².